The van der Waals surface area contributed by atoms with Gasteiger partial charge in [-0.2, -0.15) is 0 Å². The molecule has 0 unspecified atom stereocenters. The second-order valence-electron chi connectivity index (χ2n) is 7.45. The van der Waals surface area contributed by atoms with Crippen LogP contribution in [0.1, 0.15) is 11.1 Å². The average Bonchev–Trinajstić information content (AvgIpc) is 2.76. The highest BCUT2D eigenvalue weighted by atomic mass is 14.1. The summed E-state index contributed by atoms with van der Waals surface area (Å²) in [7, 11) is 0. The summed E-state index contributed by atoms with van der Waals surface area (Å²) in [6.45, 7) is 0. The minimum atomic E-state index is 1.23. The number of benzene rings is 6. The maximum absolute atomic E-state index is 2.27. The Balaban J connectivity index is 1.54. The zero-order valence-electron chi connectivity index (χ0n) is 15.4. The monoisotopic (exact) mass is 354 g/mol. The van der Waals surface area contributed by atoms with Gasteiger partial charge in [0.2, 0.25) is 0 Å². The molecular weight excluding hydrogens is 336 g/mol. The van der Waals surface area contributed by atoms with Crippen LogP contribution in [0.4, 0.5) is 0 Å². The van der Waals surface area contributed by atoms with Crippen LogP contribution in [0.3, 0.4) is 0 Å². The summed E-state index contributed by atoms with van der Waals surface area (Å²) in [6, 6.07) is 35.2. The van der Waals surface area contributed by atoms with Crippen molar-refractivity contribution in [1.29, 1.82) is 0 Å². The van der Waals surface area contributed by atoms with E-state index >= 15 is 0 Å². The molecule has 28 heavy (non-hydrogen) atoms. The molecule has 0 saturated carbocycles. The van der Waals surface area contributed by atoms with E-state index in [-0.39, 0.29) is 0 Å². The molecule has 0 amide bonds. The van der Waals surface area contributed by atoms with Crippen LogP contribution in [0.2, 0.25) is 0 Å². The Morgan fingerprint density at radius 1 is 0.429 bits per heavy atom. The van der Waals surface area contributed by atoms with Gasteiger partial charge in [-0.25, -0.2) is 0 Å². The maximum atomic E-state index is 2.27. The van der Waals surface area contributed by atoms with Gasteiger partial charge in [-0.05, 0) is 60.3 Å². The molecule has 0 nitrogen and oxygen atoms in total. The average molecular weight is 354 g/mol. The molecule has 0 aliphatic rings. The molecule has 0 fully saturated rings. The molecule has 0 N–H and O–H groups in total. The third-order valence-electron chi connectivity index (χ3n) is 5.79. The molecule has 130 valence electrons. The summed E-state index contributed by atoms with van der Waals surface area (Å²) >= 11 is 0. The molecule has 6 rings (SSSR count). The first-order chi connectivity index (χ1) is 13.9. The molecule has 0 saturated heterocycles. The second kappa shape index (κ2) is 5.94. The Morgan fingerprint density at radius 2 is 1.07 bits per heavy atom. The van der Waals surface area contributed by atoms with E-state index in [1.54, 1.807) is 0 Å². The largest absolute Gasteiger partial charge is 0.0616 e. The van der Waals surface area contributed by atoms with E-state index in [1.165, 1.54) is 54.2 Å². The van der Waals surface area contributed by atoms with Gasteiger partial charge in [0.05, 0.1) is 0 Å². The van der Waals surface area contributed by atoms with Crippen LogP contribution in [0.15, 0.2) is 97.1 Å². The molecular formula is C28H18. The van der Waals surface area contributed by atoms with Crippen LogP contribution in [-0.2, 0) is 0 Å². The summed E-state index contributed by atoms with van der Waals surface area (Å²) in [5.41, 5.74) is 2.49. The molecule has 0 bridgehead atoms. The highest BCUT2D eigenvalue weighted by Gasteiger charge is 2.09. The minimum Gasteiger partial charge on any atom is -0.0616 e. The number of rotatable bonds is 2. The molecule has 0 heteroatoms. The van der Waals surface area contributed by atoms with Gasteiger partial charge in [0, 0.05) is 0 Å². The van der Waals surface area contributed by atoms with E-state index in [0.717, 1.165) is 0 Å². The molecule has 0 atom stereocenters. The van der Waals surface area contributed by atoms with Crippen molar-refractivity contribution in [3.05, 3.63) is 108 Å². The Morgan fingerprint density at radius 3 is 1.93 bits per heavy atom. The van der Waals surface area contributed by atoms with Gasteiger partial charge in [-0.15, -0.1) is 0 Å². The fourth-order valence-corrected chi connectivity index (χ4v) is 4.40. The topological polar surface area (TPSA) is 0 Å². The van der Waals surface area contributed by atoms with Crippen molar-refractivity contribution in [3.8, 4) is 0 Å². The predicted octanol–water partition coefficient (Wildman–Crippen LogP) is 7.91. The van der Waals surface area contributed by atoms with E-state index in [0.29, 0.717) is 0 Å². The third-order valence-corrected chi connectivity index (χ3v) is 5.79. The molecule has 6 aromatic rings. The summed E-state index contributed by atoms with van der Waals surface area (Å²) < 4.78 is 0. The van der Waals surface area contributed by atoms with Gasteiger partial charge >= 0.3 is 0 Å². The Bertz CT molecular complexity index is 1490. The Labute approximate surface area is 163 Å². The van der Waals surface area contributed by atoms with Gasteiger partial charge < -0.3 is 0 Å². The molecule has 0 spiro atoms. The van der Waals surface area contributed by atoms with Crippen molar-refractivity contribution in [2.75, 3.05) is 0 Å². The maximum Gasteiger partial charge on any atom is -0.00208 e. The van der Waals surface area contributed by atoms with Gasteiger partial charge in [-0.3, -0.25) is 0 Å². The molecule has 0 aliphatic carbocycles. The van der Waals surface area contributed by atoms with E-state index in [1.807, 2.05) is 0 Å². The zero-order chi connectivity index (χ0) is 18.5. The van der Waals surface area contributed by atoms with Crippen LogP contribution in [-0.4, -0.2) is 0 Å². The smallest absolute Gasteiger partial charge is 0.00208 e. The number of hydrogen-bond donors (Lipinski definition) is 0. The summed E-state index contributed by atoms with van der Waals surface area (Å²) in [4.78, 5) is 0. The van der Waals surface area contributed by atoms with Crippen LogP contribution in [0.25, 0.3) is 55.2 Å². The molecule has 0 radical (unpaired) electrons. The fourth-order valence-electron chi connectivity index (χ4n) is 4.40. The van der Waals surface area contributed by atoms with Crippen LogP contribution in [0.5, 0.6) is 0 Å². The lowest BCUT2D eigenvalue weighted by Gasteiger charge is -2.12. The van der Waals surface area contributed by atoms with Crippen LogP contribution >= 0.6 is 0 Å². The molecule has 6 aromatic carbocycles. The van der Waals surface area contributed by atoms with Gasteiger partial charge in [0.1, 0.15) is 0 Å². The Kier molecular flexibility index (Phi) is 3.27. The van der Waals surface area contributed by atoms with E-state index in [9.17, 15) is 0 Å². The van der Waals surface area contributed by atoms with Crippen molar-refractivity contribution in [3.63, 3.8) is 0 Å². The van der Waals surface area contributed by atoms with Gasteiger partial charge in [-0.1, -0.05) is 103 Å². The fraction of sp³-hybridized carbons (Fsp3) is 0. The zero-order valence-corrected chi connectivity index (χ0v) is 15.4. The van der Waals surface area contributed by atoms with Crippen molar-refractivity contribution in [2.24, 2.45) is 0 Å². The van der Waals surface area contributed by atoms with Crippen molar-refractivity contribution in [2.45, 2.75) is 0 Å². The number of fused-ring (bicyclic) bond motifs is 1. The van der Waals surface area contributed by atoms with Crippen molar-refractivity contribution in [1.82, 2.24) is 0 Å². The van der Waals surface area contributed by atoms with E-state index < -0.39 is 0 Å². The van der Waals surface area contributed by atoms with Gasteiger partial charge in [0.25, 0.3) is 0 Å². The van der Waals surface area contributed by atoms with Crippen molar-refractivity contribution >= 4 is 55.2 Å². The van der Waals surface area contributed by atoms with E-state index in [2.05, 4.69) is 109 Å². The van der Waals surface area contributed by atoms with Crippen LogP contribution < -0.4 is 0 Å². The molecule has 0 heterocycles. The normalized spacial score (nSPS) is 12.1. The summed E-state index contributed by atoms with van der Waals surface area (Å²) in [6.07, 6.45) is 4.47. The minimum absolute atomic E-state index is 1.23. The number of hydrogen-bond acceptors (Lipinski definition) is 0. The van der Waals surface area contributed by atoms with Crippen LogP contribution in [0, 0.1) is 0 Å². The highest BCUT2D eigenvalue weighted by molar-refractivity contribution is 6.24. The summed E-state index contributed by atoms with van der Waals surface area (Å²) in [5.74, 6) is 0. The third kappa shape index (κ3) is 2.32. The lowest BCUT2D eigenvalue weighted by atomic mass is 9.92. The highest BCUT2D eigenvalue weighted by Crippen LogP contribution is 2.36. The first-order valence-electron chi connectivity index (χ1n) is 9.70. The molecule has 0 aromatic heterocycles. The van der Waals surface area contributed by atoms with Crippen molar-refractivity contribution < 1.29 is 0 Å². The first kappa shape index (κ1) is 15.4. The van der Waals surface area contributed by atoms with Gasteiger partial charge in [0.15, 0.2) is 0 Å². The second-order valence-corrected chi connectivity index (χ2v) is 7.45. The lowest BCUT2D eigenvalue weighted by Crippen LogP contribution is -1.86. The quantitative estimate of drug-likeness (QED) is 0.219. The lowest BCUT2D eigenvalue weighted by molar-refractivity contribution is 1.70. The predicted molar refractivity (Wildman–Crippen MR) is 123 cm³/mol. The standard InChI is InChI=1S/C28H18/c1-2-5-25-18-19(8-10-20(25)4-1)9-11-21-12-13-24-15-14-22-6-3-7-23-16-17-26(21)28(24)27(22)23/h1-18H. The molecule has 0 aliphatic heterocycles. The first-order valence-corrected chi connectivity index (χ1v) is 9.70. The Hall–Kier alpha value is -3.64. The SMILES string of the molecule is C(=Cc1ccc2ccc3cccc4ccc1c2c34)c1ccc2ccccc2c1. The summed E-state index contributed by atoms with van der Waals surface area (Å²) in [5, 5.41) is 10.6. The van der Waals surface area contributed by atoms with E-state index in [4.69, 9.17) is 0 Å².